The Kier molecular flexibility index (Phi) is 1.40. The minimum Gasteiger partial charge on any atom is -0.481 e. The van der Waals surface area contributed by atoms with Gasteiger partial charge in [-0.2, -0.15) is 0 Å². The number of hydrogen-bond acceptors (Lipinski definition) is 2. The maximum atomic E-state index is 10.9. The number of fused-ring (bicyclic) bond motifs is 3. The first-order chi connectivity index (χ1) is 6.77. The first-order valence-corrected chi connectivity index (χ1v) is 4.85. The minimum absolute atomic E-state index is 0.184. The highest BCUT2D eigenvalue weighted by Crippen LogP contribution is 2.51. The first-order valence-electron chi connectivity index (χ1n) is 4.85. The molecule has 0 aromatic heterocycles. The predicted octanol–water partition coefficient (Wildman–Crippen LogP) is 1.67. The topological polar surface area (TPSA) is 49.3 Å². The second-order valence-corrected chi connectivity index (χ2v) is 4.04. The zero-order valence-electron chi connectivity index (χ0n) is 7.60. The molecule has 1 heterocycles. The lowest BCUT2D eigenvalue weighted by Gasteiger charge is -2.37. The molecule has 3 heteroatoms. The molecule has 0 radical (unpaired) electrons. The van der Waals surface area contributed by atoms with Crippen LogP contribution in [0.2, 0.25) is 0 Å². The van der Waals surface area contributed by atoms with Crippen LogP contribution in [0.1, 0.15) is 17.9 Å². The van der Waals surface area contributed by atoms with E-state index in [9.17, 15) is 4.79 Å². The van der Waals surface area contributed by atoms with E-state index in [2.05, 4.69) is 5.32 Å². The second kappa shape index (κ2) is 2.50. The number of benzene rings is 1. The molecular formula is C11H11NO2. The van der Waals surface area contributed by atoms with Gasteiger partial charge in [0.05, 0.1) is 5.92 Å². The van der Waals surface area contributed by atoms with Gasteiger partial charge >= 0.3 is 5.97 Å². The maximum Gasteiger partial charge on any atom is 0.307 e. The molecule has 1 aliphatic heterocycles. The zero-order chi connectivity index (χ0) is 9.71. The summed E-state index contributed by atoms with van der Waals surface area (Å²) in [7, 11) is 0. The Hall–Kier alpha value is -1.51. The van der Waals surface area contributed by atoms with Crippen molar-refractivity contribution < 1.29 is 9.90 Å². The molecule has 2 N–H and O–H groups in total. The summed E-state index contributed by atoms with van der Waals surface area (Å²) in [5.41, 5.74) is 2.29. The summed E-state index contributed by atoms with van der Waals surface area (Å²) in [5, 5.41) is 12.3. The Morgan fingerprint density at radius 2 is 2.21 bits per heavy atom. The molecule has 3 nitrogen and oxygen atoms in total. The third kappa shape index (κ3) is 0.842. The van der Waals surface area contributed by atoms with Crippen molar-refractivity contribution in [2.24, 2.45) is 5.92 Å². The monoisotopic (exact) mass is 189 g/mol. The van der Waals surface area contributed by atoms with Crippen LogP contribution in [0, 0.1) is 5.92 Å². The molecule has 1 aromatic carbocycles. The van der Waals surface area contributed by atoms with E-state index in [0.717, 1.165) is 12.1 Å². The van der Waals surface area contributed by atoms with Gasteiger partial charge in [0.25, 0.3) is 0 Å². The Morgan fingerprint density at radius 1 is 1.43 bits per heavy atom. The summed E-state index contributed by atoms with van der Waals surface area (Å²) >= 11 is 0. The summed E-state index contributed by atoms with van der Waals surface area (Å²) in [6.07, 6.45) is 0.759. The highest BCUT2D eigenvalue weighted by Gasteiger charge is 2.50. The van der Waals surface area contributed by atoms with Gasteiger partial charge in [0.15, 0.2) is 0 Å². The van der Waals surface area contributed by atoms with Crippen molar-refractivity contribution in [2.75, 3.05) is 5.32 Å². The fourth-order valence-electron chi connectivity index (χ4n) is 2.61. The van der Waals surface area contributed by atoms with Gasteiger partial charge in [0, 0.05) is 17.6 Å². The normalized spacial score (nSPS) is 32.4. The van der Waals surface area contributed by atoms with Crippen LogP contribution in [0.15, 0.2) is 24.3 Å². The first kappa shape index (κ1) is 7.85. The standard InChI is InChI=1S/C11H11NO2/c13-11(14)7-5-9-10(7)6-3-1-2-4-8(6)12-9/h1-4,7,9-10,12H,5H2,(H,13,14). The molecule has 14 heavy (non-hydrogen) atoms. The van der Waals surface area contributed by atoms with Crippen LogP contribution in [0.3, 0.4) is 0 Å². The van der Waals surface area contributed by atoms with E-state index in [1.165, 1.54) is 5.56 Å². The number of aliphatic carboxylic acids is 1. The van der Waals surface area contributed by atoms with Crippen molar-refractivity contribution in [1.29, 1.82) is 0 Å². The summed E-state index contributed by atoms with van der Waals surface area (Å²) in [4.78, 5) is 10.9. The molecule has 0 amide bonds. The SMILES string of the molecule is O=C(O)C1CC2Nc3ccccc3C21. The summed E-state index contributed by atoms with van der Waals surface area (Å²) in [6, 6.07) is 8.36. The van der Waals surface area contributed by atoms with Crippen LogP contribution in [0.4, 0.5) is 5.69 Å². The van der Waals surface area contributed by atoms with E-state index in [4.69, 9.17) is 5.11 Å². The van der Waals surface area contributed by atoms with Crippen LogP contribution in [0.25, 0.3) is 0 Å². The second-order valence-electron chi connectivity index (χ2n) is 4.04. The highest BCUT2D eigenvalue weighted by atomic mass is 16.4. The van der Waals surface area contributed by atoms with Gasteiger partial charge in [-0.3, -0.25) is 4.79 Å². The van der Waals surface area contributed by atoms with E-state index in [1.807, 2.05) is 24.3 Å². The average Bonchev–Trinajstić information content (AvgIpc) is 2.38. The Morgan fingerprint density at radius 3 is 3.00 bits per heavy atom. The molecule has 3 unspecified atom stereocenters. The van der Waals surface area contributed by atoms with Gasteiger partial charge in [-0.1, -0.05) is 18.2 Å². The predicted molar refractivity (Wildman–Crippen MR) is 52.3 cm³/mol. The van der Waals surface area contributed by atoms with Gasteiger partial charge in [-0.25, -0.2) is 0 Å². The fourth-order valence-corrected chi connectivity index (χ4v) is 2.61. The number of hydrogen-bond donors (Lipinski definition) is 2. The van der Waals surface area contributed by atoms with Crippen molar-refractivity contribution in [3.05, 3.63) is 29.8 Å². The van der Waals surface area contributed by atoms with Crippen LogP contribution in [0.5, 0.6) is 0 Å². The lowest BCUT2D eigenvalue weighted by molar-refractivity contribution is -0.145. The van der Waals surface area contributed by atoms with Crippen LogP contribution < -0.4 is 5.32 Å². The Balaban J connectivity index is 1.99. The van der Waals surface area contributed by atoms with E-state index in [0.29, 0.717) is 6.04 Å². The zero-order valence-corrected chi connectivity index (χ0v) is 7.60. The molecule has 1 saturated carbocycles. The third-order valence-corrected chi connectivity index (χ3v) is 3.35. The lowest BCUT2D eigenvalue weighted by atomic mass is 9.68. The van der Waals surface area contributed by atoms with Gasteiger partial charge < -0.3 is 10.4 Å². The van der Waals surface area contributed by atoms with Crippen LogP contribution in [-0.4, -0.2) is 17.1 Å². The quantitative estimate of drug-likeness (QED) is 0.706. The summed E-state index contributed by atoms with van der Waals surface area (Å²) in [6.45, 7) is 0. The molecule has 1 aliphatic carbocycles. The van der Waals surface area contributed by atoms with Crippen LogP contribution in [-0.2, 0) is 4.79 Å². The number of nitrogens with one attached hydrogen (secondary N) is 1. The largest absolute Gasteiger partial charge is 0.481 e. The lowest BCUT2D eigenvalue weighted by Crippen LogP contribution is -2.43. The number of carboxylic acids is 1. The van der Waals surface area contributed by atoms with E-state index in [-0.39, 0.29) is 11.8 Å². The number of carbonyl (C=O) groups is 1. The number of para-hydroxylation sites is 1. The smallest absolute Gasteiger partial charge is 0.307 e. The van der Waals surface area contributed by atoms with E-state index >= 15 is 0 Å². The number of anilines is 1. The molecule has 72 valence electrons. The Labute approximate surface area is 81.8 Å². The minimum atomic E-state index is -0.662. The molecule has 0 spiro atoms. The maximum absolute atomic E-state index is 10.9. The molecule has 1 fully saturated rings. The number of rotatable bonds is 1. The molecule has 3 atom stereocenters. The summed E-state index contributed by atoms with van der Waals surface area (Å²) in [5.74, 6) is -0.649. The molecule has 2 aliphatic rings. The fraction of sp³-hybridized carbons (Fsp3) is 0.364. The van der Waals surface area contributed by atoms with E-state index < -0.39 is 5.97 Å². The summed E-state index contributed by atoms with van der Waals surface area (Å²) < 4.78 is 0. The van der Waals surface area contributed by atoms with Gasteiger partial charge in [-0.15, -0.1) is 0 Å². The van der Waals surface area contributed by atoms with Crippen LogP contribution >= 0.6 is 0 Å². The average molecular weight is 189 g/mol. The van der Waals surface area contributed by atoms with E-state index in [1.54, 1.807) is 0 Å². The Bertz CT molecular complexity index is 402. The van der Waals surface area contributed by atoms with Crippen molar-refractivity contribution in [3.63, 3.8) is 0 Å². The highest BCUT2D eigenvalue weighted by molar-refractivity contribution is 5.77. The van der Waals surface area contributed by atoms with Crippen molar-refractivity contribution >= 4 is 11.7 Å². The van der Waals surface area contributed by atoms with Gasteiger partial charge in [-0.05, 0) is 18.1 Å². The van der Waals surface area contributed by atoms with Crippen molar-refractivity contribution in [1.82, 2.24) is 0 Å². The van der Waals surface area contributed by atoms with Gasteiger partial charge in [0.1, 0.15) is 0 Å². The van der Waals surface area contributed by atoms with Crippen molar-refractivity contribution in [2.45, 2.75) is 18.4 Å². The molecule has 0 bridgehead atoms. The number of carboxylic acid groups (broad SMARTS) is 1. The third-order valence-electron chi connectivity index (χ3n) is 3.35. The molecule has 1 aromatic rings. The molecule has 0 saturated heterocycles. The van der Waals surface area contributed by atoms with Gasteiger partial charge in [0.2, 0.25) is 0 Å². The molecule has 3 rings (SSSR count). The molecular weight excluding hydrogens is 178 g/mol. The van der Waals surface area contributed by atoms with Crippen molar-refractivity contribution in [3.8, 4) is 0 Å².